The minimum atomic E-state index is 0. The molecule has 0 unspecified atom stereocenters. The van der Waals surface area contributed by atoms with Crippen molar-refractivity contribution in [1.29, 1.82) is 0 Å². The fourth-order valence-corrected chi connectivity index (χ4v) is 2.24. The van der Waals surface area contributed by atoms with E-state index in [9.17, 15) is 0 Å². The average Bonchev–Trinajstić information content (AvgIpc) is 2.45. The Morgan fingerprint density at radius 3 is 1.48 bits per heavy atom. The molecule has 0 fully saturated rings. The van der Waals surface area contributed by atoms with Gasteiger partial charge in [0.2, 0.25) is 0 Å². The van der Waals surface area contributed by atoms with Crippen LogP contribution in [0, 0.1) is 27.7 Å². The van der Waals surface area contributed by atoms with Crippen LogP contribution in [0.5, 0.6) is 0 Å². The zero-order chi connectivity index (χ0) is 16.1. The zero-order valence-corrected chi connectivity index (χ0v) is 15.4. The Morgan fingerprint density at radius 1 is 0.739 bits per heavy atom. The van der Waals surface area contributed by atoms with Gasteiger partial charge in [-0.1, -0.05) is 35.4 Å². The van der Waals surface area contributed by atoms with Crippen LogP contribution in [0.15, 0.2) is 46.4 Å². The summed E-state index contributed by atoms with van der Waals surface area (Å²) in [5.41, 5.74) is 6.82. The third-order valence-electron chi connectivity index (χ3n) is 3.46. The maximum Gasteiger partial charge on any atom is 0.0961 e. The van der Waals surface area contributed by atoms with Crippen LogP contribution in [0.2, 0.25) is 0 Å². The maximum absolute atomic E-state index is 4.51. The fourth-order valence-electron chi connectivity index (χ4n) is 2.24. The van der Waals surface area contributed by atoms with Gasteiger partial charge in [-0.05, 0) is 51.0 Å². The van der Waals surface area contributed by atoms with Gasteiger partial charge >= 0.3 is 0 Å². The minimum Gasteiger partial charge on any atom is -0.326 e. The van der Waals surface area contributed by atoms with Crippen molar-refractivity contribution in [2.24, 2.45) is 9.98 Å². The van der Waals surface area contributed by atoms with Gasteiger partial charge in [-0.15, -0.1) is 0 Å². The number of hydrogen-bond donors (Lipinski definition) is 0. The molecule has 4 heteroatoms. The summed E-state index contributed by atoms with van der Waals surface area (Å²) >= 11 is 0. The molecular weight excluding hydrogens is 326 g/mol. The molecule has 0 amide bonds. The molecular formula is C19H23FeN3. The zero-order valence-electron chi connectivity index (χ0n) is 14.3. The van der Waals surface area contributed by atoms with E-state index in [0.29, 0.717) is 0 Å². The second-order valence-electron chi connectivity index (χ2n) is 5.73. The Bertz CT molecular complexity index is 659. The van der Waals surface area contributed by atoms with Crippen molar-refractivity contribution < 1.29 is 17.1 Å². The van der Waals surface area contributed by atoms with Crippen LogP contribution in [0.3, 0.4) is 0 Å². The van der Waals surface area contributed by atoms with Crippen LogP contribution < -0.4 is 0 Å². The molecule has 0 saturated heterocycles. The number of hydrogen-bond acceptors (Lipinski definition) is 2. The molecule has 0 atom stereocenters. The molecule has 0 aliphatic rings. The average molecular weight is 349 g/mol. The Hall–Kier alpha value is -1.90. The van der Waals surface area contributed by atoms with Crippen molar-refractivity contribution >= 4 is 24.1 Å². The molecule has 122 valence electrons. The smallest absolute Gasteiger partial charge is 0.0961 e. The molecule has 0 aliphatic carbocycles. The normalized spacial score (nSPS) is 11.0. The quantitative estimate of drug-likeness (QED) is 0.440. The van der Waals surface area contributed by atoms with Gasteiger partial charge in [-0.25, -0.2) is 9.98 Å². The van der Waals surface area contributed by atoms with E-state index < -0.39 is 0 Å². The van der Waals surface area contributed by atoms with Gasteiger partial charge in [-0.2, -0.15) is 0 Å². The molecule has 0 saturated carbocycles. The first-order valence-corrected chi connectivity index (χ1v) is 7.40. The molecule has 0 aliphatic heterocycles. The maximum atomic E-state index is 4.51. The number of nitrogens with zero attached hydrogens (tertiary/aromatic N) is 3. The van der Waals surface area contributed by atoms with Crippen LogP contribution in [-0.4, -0.2) is 24.6 Å². The molecule has 0 N–H and O–H groups in total. The van der Waals surface area contributed by atoms with E-state index in [1.54, 1.807) is 12.7 Å². The second kappa shape index (κ2) is 8.66. The first-order chi connectivity index (χ1) is 10.5. The van der Waals surface area contributed by atoms with Crippen molar-refractivity contribution in [2.75, 3.05) is 7.05 Å². The summed E-state index contributed by atoms with van der Waals surface area (Å²) in [4.78, 5) is 10.9. The van der Waals surface area contributed by atoms with Gasteiger partial charge in [0.25, 0.3) is 0 Å². The van der Waals surface area contributed by atoms with E-state index in [0.717, 1.165) is 11.4 Å². The van der Waals surface area contributed by atoms with Crippen molar-refractivity contribution in [2.45, 2.75) is 27.7 Å². The standard InChI is InChI=1S/C19H23N3.Fe/c1-14-6-8-18(16(3)10-14)20-12-22(5)13-21-19-9-7-15(2)11-17(19)4;/h6-13H,1-5H3;. The molecule has 2 aromatic rings. The van der Waals surface area contributed by atoms with Gasteiger partial charge in [0.05, 0.1) is 24.1 Å². The predicted molar refractivity (Wildman–Crippen MR) is 95.9 cm³/mol. The third kappa shape index (κ3) is 5.66. The van der Waals surface area contributed by atoms with E-state index >= 15 is 0 Å². The Balaban J connectivity index is 0.00000264. The van der Waals surface area contributed by atoms with E-state index in [1.807, 2.05) is 24.1 Å². The van der Waals surface area contributed by atoms with Crippen LogP contribution in [-0.2, 0) is 17.1 Å². The molecule has 0 radical (unpaired) electrons. The number of aryl methyl sites for hydroxylation is 4. The monoisotopic (exact) mass is 349 g/mol. The SMILES string of the molecule is Cc1ccc(N=CN(C)C=Nc2ccc(C)cc2C)c(C)c1.[Fe]. The topological polar surface area (TPSA) is 28.0 Å². The minimum absolute atomic E-state index is 0. The van der Waals surface area contributed by atoms with Crippen molar-refractivity contribution in [3.05, 3.63) is 58.7 Å². The molecule has 0 aromatic heterocycles. The summed E-state index contributed by atoms with van der Waals surface area (Å²) in [5, 5.41) is 0. The molecule has 2 rings (SSSR count). The van der Waals surface area contributed by atoms with Crippen molar-refractivity contribution in [3.63, 3.8) is 0 Å². The predicted octanol–water partition coefficient (Wildman–Crippen LogP) is 4.87. The second-order valence-corrected chi connectivity index (χ2v) is 5.73. The Morgan fingerprint density at radius 2 is 1.13 bits per heavy atom. The summed E-state index contributed by atoms with van der Waals surface area (Å²) in [6.07, 6.45) is 3.56. The summed E-state index contributed by atoms with van der Waals surface area (Å²) < 4.78 is 0. The van der Waals surface area contributed by atoms with Gasteiger partial charge in [-0.3, -0.25) is 0 Å². The fraction of sp³-hybridized carbons (Fsp3) is 0.263. The number of benzene rings is 2. The molecule has 2 aromatic carbocycles. The molecule has 0 bridgehead atoms. The van der Waals surface area contributed by atoms with Crippen molar-refractivity contribution in [3.8, 4) is 0 Å². The van der Waals surface area contributed by atoms with Crippen molar-refractivity contribution in [1.82, 2.24) is 4.90 Å². The van der Waals surface area contributed by atoms with Gasteiger partial charge in [0.1, 0.15) is 0 Å². The third-order valence-corrected chi connectivity index (χ3v) is 3.46. The van der Waals surface area contributed by atoms with Crippen LogP contribution in [0.25, 0.3) is 0 Å². The summed E-state index contributed by atoms with van der Waals surface area (Å²) in [5.74, 6) is 0. The van der Waals surface area contributed by atoms with Crippen LogP contribution >= 0.6 is 0 Å². The molecule has 0 spiro atoms. The summed E-state index contributed by atoms with van der Waals surface area (Å²) in [6.45, 7) is 8.32. The van der Waals surface area contributed by atoms with E-state index in [4.69, 9.17) is 0 Å². The van der Waals surface area contributed by atoms with E-state index in [2.05, 4.69) is 61.9 Å². The largest absolute Gasteiger partial charge is 0.326 e. The van der Waals surface area contributed by atoms with Gasteiger partial charge in [0.15, 0.2) is 0 Å². The first kappa shape index (κ1) is 19.1. The number of aliphatic imine (C=N–C) groups is 2. The molecule has 3 nitrogen and oxygen atoms in total. The Labute approximate surface area is 149 Å². The van der Waals surface area contributed by atoms with Crippen LogP contribution in [0.1, 0.15) is 22.3 Å². The van der Waals surface area contributed by atoms with Gasteiger partial charge < -0.3 is 4.90 Å². The van der Waals surface area contributed by atoms with E-state index in [-0.39, 0.29) is 17.1 Å². The van der Waals surface area contributed by atoms with E-state index in [1.165, 1.54) is 22.3 Å². The molecule has 0 heterocycles. The number of rotatable bonds is 4. The van der Waals surface area contributed by atoms with Gasteiger partial charge in [0, 0.05) is 24.1 Å². The Kier molecular flexibility index (Phi) is 7.21. The molecule has 23 heavy (non-hydrogen) atoms. The van der Waals surface area contributed by atoms with Crippen LogP contribution in [0.4, 0.5) is 11.4 Å². The summed E-state index contributed by atoms with van der Waals surface area (Å²) in [7, 11) is 1.93. The first-order valence-electron chi connectivity index (χ1n) is 7.40. The summed E-state index contributed by atoms with van der Waals surface area (Å²) in [6, 6.07) is 12.5.